The first-order chi connectivity index (χ1) is 13.0. The highest BCUT2D eigenvalue weighted by Crippen LogP contribution is 2.31. The molecule has 27 heavy (non-hydrogen) atoms. The molecule has 1 aliphatic rings. The lowest BCUT2D eigenvalue weighted by Gasteiger charge is -2.26. The summed E-state index contributed by atoms with van der Waals surface area (Å²) in [7, 11) is 0. The fourth-order valence-corrected chi connectivity index (χ4v) is 2.95. The van der Waals surface area contributed by atoms with Gasteiger partial charge in [0.05, 0.1) is 18.0 Å². The molecule has 1 unspecified atom stereocenters. The van der Waals surface area contributed by atoms with Gasteiger partial charge in [-0.15, -0.1) is 0 Å². The van der Waals surface area contributed by atoms with Crippen molar-refractivity contribution in [3.63, 3.8) is 0 Å². The number of benzene rings is 2. The summed E-state index contributed by atoms with van der Waals surface area (Å²) in [6, 6.07) is 13.4. The number of nitrogens with zero attached hydrogens (tertiary/aromatic N) is 2. The van der Waals surface area contributed by atoms with Crippen LogP contribution < -0.4 is 15.6 Å². The standard InChI is InChI=1S/C22H24N2O3/c1-15(2)22(26)27-13-12-17-9-11-21(25)20(14-17)24-16(3)8-10-18-6-4-5-7-19(18)23-24/h4-7,9-11,14,16,25H,1,8,12-13H2,2-3H3. The number of aromatic hydroxyl groups is 1. The maximum atomic E-state index is 11.5. The van der Waals surface area contributed by atoms with Gasteiger partial charge in [-0.3, -0.25) is 5.01 Å². The van der Waals surface area contributed by atoms with Gasteiger partial charge in [0.2, 0.25) is 0 Å². The van der Waals surface area contributed by atoms with Crippen LogP contribution >= 0.6 is 0 Å². The highest BCUT2D eigenvalue weighted by Gasteiger charge is 2.19. The third-order valence-corrected chi connectivity index (χ3v) is 4.51. The average molecular weight is 364 g/mol. The number of rotatable bonds is 5. The minimum Gasteiger partial charge on any atom is -0.506 e. The second kappa shape index (κ2) is 8.08. The van der Waals surface area contributed by atoms with Crippen LogP contribution in [0.25, 0.3) is 6.08 Å². The molecule has 1 atom stereocenters. The Kier molecular flexibility index (Phi) is 5.60. The van der Waals surface area contributed by atoms with Crippen molar-refractivity contribution in [2.24, 2.45) is 5.10 Å². The number of esters is 1. The van der Waals surface area contributed by atoms with E-state index in [1.54, 1.807) is 13.0 Å². The van der Waals surface area contributed by atoms with Gasteiger partial charge in [-0.2, -0.15) is 5.10 Å². The Labute approximate surface area is 158 Å². The first-order valence-electron chi connectivity index (χ1n) is 9.03. The van der Waals surface area contributed by atoms with Gasteiger partial charge >= 0.3 is 5.97 Å². The first kappa shape index (κ1) is 18.7. The molecular formula is C22H24N2O3. The van der Waals surface area contributed by atoms with Crippen LogP contribution in [0.3, 0.4) is 0 Å². The molecule has 0 aromatic heterocycles. The summed E-state index contributed by atoms with van der Waals surface area (Å²) in [5, 5.41) is 19.0. The summed E-state index contributed by atoms with van der Waals surface area (Å²) >= 11 is 0. The van der Waals surface area contributed by atoms with Crippen molar-refractivity contribution in [1.82, 2.24) is 0 Å². The van der Waals surface area contributed by atoms with Crippen molar-refractivity contribution in [3.8, 4) is 5.75 Å². The van der Waals surface area contributed by atoms with E-state index in [0.29, 0.717) is 17.7 Å². The second-order valence-electron chi connectivity index (χ2n) is 6.78. The lowest BCUT2D eigenvalue weighted by molar-refractivity contribution is -0.138. The predicted molar refractivity (Wildman–Crippen MR) is 106 cm³/mol. The average Bonchev–Trinajstić information content (AvgIpc) is 2.82. The van der Waals surface area contributed by atoms with Gasteiger partial charge in [0.15, 0.2) is 0 Å². The number of anilines is 1. The number of carbonyl (C=O) groups excluding carboxylic acids is 1. The SMILES string of the molecule is C=C(C)C(=O)OCCc1ccc(O)c(N2N=c3ccccc3=CCC2C)c1. The molecule has 3 rings (SSSR count). The Bertz CT molecular complexity index is 981. The van der Waals surface area contributed by atoms with Gasteiger partial charge < -0.3 is 9.84 Å². The van der Waals surface area contributed by atoms with E-state index in [1.165, 1.54) is 0 Å². The van der Waals surface area contributed by atoms with E-state index in [-0.39, 0.29) is 18.4 Å². The van der Waals surface area contributed by atoms with E-state index in [1.807, 2.05) is 41.4 Å². The number of hydrogen-bond acceptors (Lipinski definition) is 5. The molecule has 0 bridgehead atoms. The van der Waals surface area contributed by atoms with E-state index in [2.05, 4.69) is 19.6 Å². The van der Waals surface area contributed by atoms with Crippen molar-refractivity contribution < 1.29 is 14.6 Å². The third-order valence-electron chi connectivity index (χ3n) is 4.51. The molecule has 1 heterocycles. The molecule has 0 radical (unpaired) electrons. The van der Waals surface area contributed by atoms with Gasteiger partial charge in [-0.1, -0.05) is 36.9 Å². The molecule has 0 aliphatic carbocycles. The molecule has 2 aromatic rings. The molecule has 0 spiro atoms. The number of carbonyl (C=O) groups is 1. The van der Waals surface area contributed by atoms with Crippen LogP contribution in [0.1, 0.15) is 25.8 Å². The van der Waals surface area contributed by atoms with Crippen LogP contribution in [0.5, 0.6) is 5.75 Å². The summed E-state index contributed by atoms with van der Waals surface area (Å²) in [5.41, 5.74) is 1.99. The fourth-order valence-electron chi connectivity index (χ4n) is 2.95. The lowest BCUT2D eigenvalue weighted by atomic mass is 10.1. The molecular weight excluding hydrogens is 340 g/mol. The molecule has 0 saturated heterocycles. The molecule has 0 amide bonds. The normalized spacial score (nSPS) is 15.8. The lowest BCUT2D eigenvalue weighted by Crippen LogP contribution is -2.31. The molecule has 0 fully saturated rings. The Morgan fingerprint density at radius 2 is 2.11 bits per heavy atom. The minimum atomic E-state index is -0.391. The van der Waals surface area contributed by atoms with Crippen LogP contribution in [-0.4, -0.2) is 23.7 Å². The Morgan fingerprint density at radius 1 is 1.33 bits per heavy atom. The summed E-state index contributed by atoms with van der Waals surface area (Å²) in [6.07, 6.45) is 3.54. The van der Waals surface area contributed by atoms with E-state index >= 15 is 0 Å². The van der Waals surface area contributed by atoms with Crippen LogP contribution in [0.15, 0.2) is 59.7 Å². The van der Waals surface area contributed by atoms with Gasteiger partial charge in [-0.25, -0.2) is 4.79 Å². The zero-order valence-corrected chi connectivity index (χ0v) is 15.7. The quantitative estimate of drug-likeness (QED) is 0.654. The number of phenolic OH excluding ortho intramolecular Hbond substituents is 1. The Balaban J connectivity index is 1.87. The molecule has 0 saturated carbocycles. The third kappa shape index (κ3) is 4.37. The van der Waals surface area contributed by atoms with Crippen LogP contribution in [0.4, 0.5) is 5.69 Å². The Morgan fingerprint density at radius 3 is 2.89 bits per heavy atom. The Hall–Kier alpha value is -3.08. The molecule has 1 N–H and O–H groups in total. The number of phenols is 1. The summed E-state index contributed by atoms with van der Waals surface area (Å²) < 4.78 is 5.17. The maximum Gasteiger partial charge on any atom is 0.333 e. The highest BCUT2D eigenvalue weighted by atomic mass is 16.5. The molecule has 140 valence electrons. The van der Waals surface area contributed by atoms with Crippen molar-refractivity contribution in [1.29, 1.82) is 0 Å². The van der Waals surface area contributed by atoms with E-state index in [4.69, 9.17) is 9.84 Å². The molecule has 1 aliphatic heterocycles. The zero-order chi connectivity index (χ0) is 19.4. The van der Waals surface area contributed by atoms with E-state index < -0.39 is 5.97 Å². The van der Waals surface area contributed by atoms with Crippen LogP contribution in [0, 0.1) is 0 Å². The summed E-state index contributed by atoms with van der Waals surface area (Å²) in [4.78, 5) is 11.5. The van der Waals surface area contributed by atoms with Crippen molar-refractivity contribution in [3.05, 3.63) is 70.8 Å². The maximum absolute atomic E-state index is 11.5. The highest BCUT2D eigenvalue weighted by molar-refractivity contribution is 5.86. The summed E-state index contributed by atoms with van der Waals surface area (Å²) in [6.45, 7) is 7.54. The largest absolute Gasteiger partial charge is 0.506 e. The van der Waals surface area contributed by atoms with Crippen LogP contribution in [0.2, 0.25) is 0 Å². The predicted octanol–water partition coefficient (Wildman–Crippen LogP) is 2.67. The van der Waals surface area contributed by atoms with Crippen molar-refractivity contribution in [2.45, 2.75) is 32.7 Å². The van der Waals surface area contributed by atoms with E-state index in [9.17, 15) is 9.90 Å². The van der Waals surface area contributed by atoms with E-state index in [0.717, 1.165) is 22.6 Å². The van der Waals surface area contributed by atoms with Gasteiger partial charge in [0.25, 0.3) is 0 Å². The number of hydrogen-bond donors (Lipinski definition) is 1. The topological polar surface area (TPSA) is 62.1 Å². The number of ether oxygens (including phenoxy) is 1. The smallest absolute Gasteiger partial charge is 0.333 e. The zero-order valence-electron chi connectivity index (χ0n) is 15.7. The number of fused-ring (bicyclic) bond motifs is 1. The van der Waals surface area contributed by atoms with Crippen molar-refractivity contribution >= 4 is 17.7 Å². The van der Waals surface area contributed by atoms with Gasteiger partial charge in [0, 0.05) is 12.0 Å². The molecule has 5 nitrogen and oxygen atoms in total. The van der Waals surface area contributed by atoms with Crippen molar-refractivity contribution in [2.75, 3.05) is 11.6 Å². The summed E-state index contributed by atoms with van der Waals surface area (Å²) in [5.74, 6) is -0.218. The fraction of sp³-hybridized carbons (Fsp3) is 0.273. The first-order valence-corrected chi connectivity index (χ1v) is 9.03. The molecule has 2 aromatic carbocycles. The van der Waals surface area contributed by atoms with Crippen LogP contribution in [-0.2, 0) is 16.0 Å². The molecule has 5 heteroatoms. The van der Waals surface area contributed by atoms with Gasteiger partial charge in [0.1, 0.15) is 11.4 Å². The second-order valence-corrected chi connectivity index (χ2v) is 6.78. The van der Waals surface area contributed by atoms with Gasteiger partial charge in [-0.05, 0) is 49.2 Å². The monoisotopic (exact) mass is 364 g/mol. The minimum absolute atomic E-state index is 0.0970.